The van der Waals surface area contributed by atoms with Crippen molar-refractivity contribution < 1.29 is 9.90 Å². The van der Waals surface area contributed by atoms with Gasteiger partial charge in [-0.2, -0.15) is 5.10 Å². The fraction of sp³-hybridized carbons (Fsp3) is 0.444. The predicted octanol–water partition coefficient (Wildman–Crippen LogP) is 2.35. The summed E-state index contributed by atoms with van der Waals surface area (Å²) in [6, 6.07) is 9.49. The van der Waals surface area contributed by atoms with Crippen molar-refractivity contribution in [1.29, 1.82) is 0 Å². The molecule has 6 heteroatoms. The lowest BCUT2D eigenvalue weighted by Gasteiger charge is -2.24. The minimum atomic E-state index is -0.417. The Hall–Kier alpha value is -2.34. The Balaban J connectivity index is 1.60. The molecule has 1 aliphatic carbocycles. The van der Waals surface area contributed by atoms with Gasteiger partial charge in [0.2, 0.25) is 0 Å². The monoisotopic (exact) mass is 328 g/mol. The van der Waals surface area contributed by atoms with E-state index in [1.807, 2.05) is 43.5 Å². The van der Waals surface area contributed by atoms with E-state index in [9.17, 15) is 9.90 Å². The summed E-state index contributed by atoms with van der Waals surface area (Å²) < 4.78 is 1.79. The van der Waals surface area contributed by atoms with Crippen molar-refractivity contribution >= 4 is 6.03 Å². The number of aliphatic hydroxyl groups excluding tert-OH is 1. The third-order valence-electron chi connectivity index (χ3n) is 4.45. The lowest BCUT2D eigenvalue weighted by molar-refractivity contribution is 0.113. The molecule has 1 heterocycles. The molecule has 2 aromatic rings. The van der Waals surface area contributed by atoms with Crippen molar-refractivity contribution in [2.75, 3.05) is 13.6 Å². The van der Waals surface area contributed by atoms with E-state index in [-0.39, 0.29) is 12.1 Å². The van der Waals surface area contributed by atoms with E-state index in [2.05, 4.69) is 10.4 Å². The van der Waals surface area contributed by atoms with E-state index in [0.717, 1.165) is 24.1 Å². The van der Waals surface area contributed by atoms with E-state index in [1.54, 1.807) is 22.8 Å². The molecule has 2 N–H and O–H groups in total. The number of aromatic nitrogens is 2. The smallest absolute Gasteiger partial charge is 0.317 e. The Morgan fingerprint density at radius 2 is 2.25 bits per heavy atom. The Bertz CT molecular complexity index is 682. The first-order valence-electron chi connectivity index (χ1n) is 8.34. The number of nitrogens with zero attached hydrogens (tertiary/aromatic N) is 3. The third kappa shape index (κ3) is 3.94. The molecule has 0 spiro atoms. The molecule has 2 atom stereocenters. The van der Waals surface area contributed by atoms with Gasteiger partial charge in [-0.1, -0.05) is 12.1 Å². The second kappa shape index (κ2) is 7.05. The van der Waals surface area contributed by atoms with Gasteiger partial charge in [-0.25, -0.2) is 9.48 Å². The van der Waals surface area contributed by atoms with Crippen LogP contribution >= 0.6 is 0 Å². The summed E-state index contributed by atoms with van der Waals surface area (Å²) in [6.07, 6.45) is 5.33. The van der Waals surface area contributed by atoms with Crippen LogP contribution in [-0.4, -0.2) is 45.5 Å². The molecular weight excluding hydrogens is 304 g/mol. The van der Waals surface area contributed by atoms with E-state index >= 15 is 0 Å². The second-order valence-corrected chi connectivity index (χ2v) is 6.50. The summed E-state index contributed by atoms with van der Waals surface area (Å²) in [5, 5.41) is 17.2. The van der Waals surface area contributed by atoms with Crippen LogP contribution in [0.15, 0.2) is 42.7 Å². The van der Waals surface area contributed by atoms with Gasteiger partial charge in [0, 0.05) is 26.0 Å². The van der Waals surface area contributed by atoms with Gasteiger partial charge in [0.05, 0.1) is 17.8 Å². The number of aliphatic hydroxyl groups is 1. The van der Waals surface area contributed by atoms with Crippen LogP contribution in [0.25, 0.3) is 5.69 Å². The van der Waals surface area contributed by atoms with Crippen LogP contribution in [0.1, 0.15) is 31.4 Å². The van der Waals surface area contributed by atoms with Gasteiger partial charge in [0.1, 0.15) is 0 Å². The highest BCUT2D eigenvalue weighted by molar-refractivity contribution is 5.74. The number of rotatable bonds is 6. The maximum Gasteiger partial charge on any atom is 0.317 e. The van der Waals surface area contributed by atoms with E-state index < -0.39 is 6.10 Å². The van der Waals surface area contributed by atoms with Crippen LogP contribution in [0.5, 0.6) is 0 Å². The number of likely N-dealkylation sites (N-methyl/N-ethyl adjacent to an activating group) is 1. The number of nitrogens with one attached hydrogen (secondary N) is 1. The quantitative estimate of drug-likeness (QED) is 0.855. The standard InChI is InChI=1S/C18H24N4O2/c1-13(20-18(24)21(2)12-17(23)14-7-8-14)15-5-3-6-16(11-15)22-10-4-9-19-22/h3-6,9-11,13-14,17,23H,7-8,12H2,1-2H3,(H,20,24). The highest BCUT2D eigenvalue weighted by atomic mass is 16.3. The van der Waals surface area contributed by atoms with Crippen LogP contribution in [0.2, 0.25) is 0 Å². The lowest BCUT2D eigenvalue weighted by atomic mass is 10.1. The fourth-order valence-electron chi connectivity index (χ4n) is 2.73. The molecule has 1 aromatic heterocycles. The van der Waals surface area contributed by atoms with Gasteiger partial charge in [0.15, 0.2) is 0 Å². The predicted molar refractivity (Wildman–Crippen MR) is 91.9 cm³/mol. The number of carbonyl (C=O) groups is 1. The number of urea groups is 1. The Kier molecular flexibility index (Phi) is 4.85. The Morgan fingerprint density at radius 1 is 1.46 bits per heavy atom. The minimum Gasteiger partial charge on any atom is -0.391 e. The summed E-state index contributed by atoms with van der Waals surface area (Å²) in [7, 11) is 1.72. The normalized spacial score (nSPS) is 16.5. The van der Waals surface area contributed by atoms with E-state index in [1.165, 1.54) is 0 Å². The van der Waals surface area contributed by atoms with Crippen molar-refractivity contribution in [3.63, 3.8) is 0 Å². The van der Waals surface area contributed by atoms with Gasteiger partial charge in [0.25, 0.3) is 0 Å². The van der Waals surface area contributed by atoms with Crippen molar-refractivity contribution in [3.8, 4) is 5.69 Å². The summed E-state index contributed by atoms with van der Waals surface area (Å²) >= 11 is 0. The molecule has 1 fully saturated rings. The first-order valence-corrected chi connectivity index (χ1v) is 8.34. The molecule has 2 unspecified atom stereocenters. The minimum absolute atomic E-state index is 0.131. The number of benzene rings is 1. The van der Waals surface area contributed by atoms with Gasteiger partial charge in [-0.3, -0.25) is 0 Å². The molecule has 2 amide bonds. The summed E-state index contributed by atoms with van der Waals surface area (Å²) in [5.74, 6) is 0.364. The van der Waals surface area contributed by atoms with Gasteiger partial charge >= 0.3 is 6.03 Å². The van der Waals surface area contributed by atoms with Crippen molar-refractivity contribution in [2.24, 2.45) is 5.92 Å². The van der Waals surface area contributed by atoms with Crippen LogP contribution in [0, 0.1) is 5.92 Å². The van der Waals surface area contributed by atoms with Gasteiger partial charge in [-0.15, -0.1) is 0 Å². The third-order valence-corrected chi connectivity index (χ3v) is 4.45. The second-order valence-electron chi connectivity index (χ2n) is 6.50. The maximum atomic E-state index is 12.3. The highest BCUT2D eigenvalue weighted by Gasteiger charge is 2.31. The molecule has 6 nitrogen and oxygen atoms in total. The van der Waals surface area contributed by atoms with Crippen LogP contribution < -0.4 is 5.32 Å². The molecule has 1 saturated carbocycles. The largest absolute Gasteiger partial charge is 0.391 e. The molecule has 1 aliphatic rings. The lowest BCUT2D eigenvalue weighted by Crippen LogP contribution is -2.42. The Morgan fingerprint density at radius 3 is 2.92 bits per heavy atom. The number of carbonyl (C=O) groups excluding carboxylic acids is 1. The topological polar surface area (TPSA) is 70.4 Å². The van der Waals surface area contributed by atoms with E-state index in [4.69, 9.17) is 0 Å². The SMILES string of the molecule is CC(NC(=O)N(C)CC(O)C1CC1)c1cccc(-n2cccn2)c1. The van der Waals surface area contributed by atoms with Gasteiger partial charge < -0.3 is 15.3 Å². The van der Waals surface area contributed by atoms with Crippen molar-refractivity contribution in [1.82, 2.24) is 20.0 Å². The molecule has 128 valence electrons. The average Bonchev–Trinajstić information content (AvgIpc) is 3.29. The first kappa shape index (κ1) is 16.5. The van der Waals surface area contributed by atoms with Crippen LogP contribution in [-0.2, 0) is 0 Å². The van der Waals surface area contributed by atoms with Crippen molar-refractivity contribution in [2.45, 2.75) is 31.9 Å². The van der Waals surface area contributed by atoms with Crippen LogP contribution in [0.3, 0.4) is 0 Å². The fourth-order valence-corrected chi connectivity index (χ4v) is 2.73. The highest BCUT2D eigenvalue weighted by Crippen LogP contribution is 2.32. The molecule has 0 radical (unpaired) electrons. The molecule has 0 saturated heterocycles. The number of amides is 2. The molecular formula is C18H24N4O2. The summed E-state index contributed by atoms with van der Waals surface area (Å²) in [6.45, 7) is 2.32. The first-order chi connectivity index (χ1) is 11.5. The molecule has 1 aromatic carbocycles. The van der Waals surface area contributed by atoms with Gasteiger partial charge in [-0.05, 0) is 49.4 Å². The molecule has 0 aliphatic heterocycles. The zero-order valence-corrected chi connectivity index (χ0v) is 14.1. The maximum absolute atomic E-state index is 12.3. The average molecular weight is 328 g/mol. The molecule has 3 rings (SSSR count). The molecule has 24 heavy (non-hydrogen) atoms. The van der Waals surface area contributed by atoms with Crippen LogP contribution in [0.4, 0.5) is 4.79 Å². The number of hydrogen-bond acceptors (Lipinski definition) is 3. The molecule has 0 bridgehead atoms. The zero-order chi connectivity index (χ0) is 17.1. The zero-order valence-electron chi connectivity index (χ0n) is 14.1. The van der Waals surface area contributed by atoms with Crippen molar-refractivity contribution in [3.05, 3.63) is 48.3 Å². The van der Waals surface area contributed by atoms with E-state index in [0.29, 0.717) is 12.5 Å². The number of hydrogen-bond donors (Lipinski definition) is 2. The summed E-state index contributed by atoms with van der Waals surface area (Å²) in [5.41, 5.74) is 1.96. The summed E-state index contributed by atoms with van der Waals surface area (Å²) in [4.78, 5) is 13.9. The Labute approximate surface area is 142 Å².